The van der Waals surface area contributed by atoms with E-state index in [0.717, 1.165) is 22.2 Å². The van der Waals surface area contributed by atoms with Crippen LogP contribution in [0.4, 0.5) is 0 Å². The molecule has 0 spiro atoms. The second kappa shape index (κ2) is 9.93. The molecule has 2 amide bonds. The van der Waals surface area contributed by atoms with Gasteiger partial charge in [0.25, 0.3) is 5.91 Å². The molecular formula is C20H25N3O3S2. The number of carbonyl (C=O) groups excluding carboxylic acids is 2. The number of aromatic nitrogens is 1. The van der Waals surface area contributed by atoms with Crippen molar-refractivity contribution in [1.82, 2.24) is 14.8 Å². The monoisotopic (exact) mass is 419 g/mol. The van der Waals surface area contributed by atoms with E-state index >= 15 is 0 Å². The molecule has 1 aliphatic rings. The third-order valence-corrected chi connectivity index (χ3v) is 6.43. The lowest BCUT2D eigenvalue weighted by molar-refractivity contribution is -0.132. The average molecular weight is 420 g/mol. The number of rotatable bonds is 7. The Morgan fingerprint density at radius 2 is 1.96 bits per heavy atom. The predicted molar refractivity (Wildman–Crippen MR) is 113 cm³/mol. The van der Waals surface area contributed by atoms with E-state index in [1.165, 1.54) is 0 Å². The Balaban J connectivity index is 1.40. The predicted octanol–water partition coefficient (Wildman–Crippen LogP) is 3.07. The zero-order chi connectivity index (χ0) is 19.9. The maximum absolute atomic E-state index is 12.7. The Labute approximate surface area is 173 Å². The molecule has 2 aromatic rings. The molecule has 2 heterocycles. The molecular weight excluding hydrogens is 394 g/mol. The Kier molecular flexibility index (Phi) is 7.33. The summed E-state index contributed by atoms with van der Waals surface area (Å²) in [5.41, 5.74) is 1.71. The third-order valence-electron chi connectivity index (χ3n) is 4.61. The molecule has 8 heteroatoms. The maximum Gasteiger partial charge on any atom is 0.254 e. The van der Waals surface area contributed by atoms with Gasteiger partial charge >= 0.3 is 0 Å². The molecule has 6 nitrogen and oxygen atoms in total. The van der Waals surface area contributed by atoms with Gasteiger partial charge in [-0.3, -0.25) is 9.59 Å². The smallest absolute Gasteiger partial charge is 0.254 e. The normalized spacial score (nSPS) is 14.2. The van der Waals surface area contributed by atoms with E-state index in [0.29, 0.717) is 43.9 Å². The van der Waals surface area contributed by atoms with Gasteiger partial charge in [0.05, 0.1) is 17.8 Å². The van der Waals surface area contributed by atoms with E-state index in [9.17, 15) is 9.59 Å². The van der Waals surface area contributed by atoms with Gasteiger partial charge in [0.15, 0.2) is 0 Å². The molecule has 150 valence electrons. The first kappa shape index (κ1) is 20.7. The summed E-state index contributed by atoms with van der Waals surface area (Å²) in [4.78, 5) is 33.2. The molecule has 3 rings (SSSR count). The van der Waals surface area contributed by atoms with Crippen molar-refractivity contribution >= 4 is 34.9 Å². The van der Waals surface area contributed by atoms with Gasteiger partial charge in [0.2, 0.25) is 5.91 Å². The first-order chi connectivity index (χ1) is 13.6. The zero-order valence-electron chi connectivity index (χ0n) is 16.2. The van der Waals surface area contributed by atoms with Crippen molar-refractivity contribution in [3.05, 3.63) is 45.9 Å². The van der Waals surface area contributed by atoms with Crippen LogP contribution in [0.1, 0.15) is 27.5 Å². The van der Waals surface area contributed by atoms with Gasteiger partial charge in [-0.25, -0.2) is 4.98 Å². The van der Waals surface area contributed by atoms with Gasteiger partial charge in [0, 0.05) is 55.0 Å². The van der Waals surface area contributed by atoms with Crippen LogP contribution in [0, 0.1) is 6.92 Å². The van der Waals surface area contributed by atoms with Gasteiger partial charge < -0.3 is 14.5 Å². The first-order valence-corrected chi connectivity index (χ1v) is 11.3. The van der Waals surface area contributed by atoms with Crippen molar-refractivity contribution in [2.24, 2.45) is 0 Å². The summed E-state index contributed by atoms with van der Waals surface area (Å²) in [6.45, 7) is 4.30. The van der Waals surface area contributed by atoms with Gasteiger partial charge in [-0.05, 0) is 25.1 Å². The van der Waals surface area contributed by atoms with Gasteiger partial charge in [-0.2, -0.15) is 11.8 Å². The summed E-state index contributed by atoms with van der Waals surface area (Å²) >= 11 is 3.39. The minimum Gasteiger partial charge on any atom is -0.497 e. The topological polar surface area (TPSA) is 62.7 Å². The number of carbonyl (C=O) groups is 2. The molecule has 1 aromatic carbocycles. The average Bonchev–Trinajstić information content (AvgIpc) is 3.15. The van der Waals surface area contributed by atoms with Gasteiger partial charge in [-0.1, -0.05) is 6.07 Å². The molecule has 0 atom stereocenters. The fraction of sp³-hybridized carbons (Fsp3) is 0.450. The highest BCUT2D eigenvalue weighted by Gasteiger charge is 2.24. The van der Waals surface area contributed by atoms with Crippen molar-refractivity contribution in [1.29, 1.82) is 0 Å². The van der Waals surface area contributed by atoms with E-state index in [1.54, 1.807) is 47.2 Å². The highest BCUT2D eigenvalue weighted by Crippen LogP contribution is 2.18. The number of hydrogen-bond acceptors (Lipinski definition) is 6. The molecule has 0 bridgehead atoms. The number of hydrogen-bond donors (Lipinski definition) is 0. The van der Waals surface area contributed by atoms with Crippen LogP contribution in [0.5, 0.6) is 5.75 Å². The number of thiazole rings is 1. The molecule has 1 saturated heterocycles. The molecule has 0 radical (unpaired) electrons. The highest BCUT2D eigenvalue weighted by atomic mass is 32.2. The number of benzene rings is 1. The van der Waals surface area contributed by atoms with E-state index in [4.69, 9.17) is 4.74 Å². The van der Waals surface area contributed by atoms with Crippen LogP contribution in [0.15, 0.2) is 29.6 Å². The van der Waals surface area contributed by atoms with Crippen molar-refractivity contribution in [2.45, 2.75) is 19.1 Å². The van der Waals surface area contributed by atoms with Crippen LogP contribution in [-0.2, 0) is 10.5 Å². The molecule has 0 N–H and O–H groups in total. The van der Waals surface area contributed by atoms with E-state index in [1.807, 2.05) is 24.0 Å². The maximum atomic E-state index is 12.7. The molecule has 1 aromatic heterocycles. The zero-order valence-corrected chi connectivity index (χ0v) is 17.9. The lowest BCUT2D eigenvalue weighted by atomic mass is 10.1. The highest BCUT2D eigenvalue weighted by molar-refractivity contribution is 7.98. The van der Waals surface area contributed by atoms with E-state index < -0.39 is 0 Å². The summed E-state index contributed by atoms with van der Waals surface area (Å²) in [7, 11) is 1.59. The number of thioether (sulfide) groups is 1. The molecule has 0 aliphatic carbocycles. The third kappa shape index (κ3) is 5.48. The second-order valence-corrected chi connectivity index (χ2v) is 8.73. The number of methoxy groups -OCH3 is 1. The number of nitrogens with zero attached hydrogens (tertiary/aromatic N) is 3. The van der Waals surface area contributed by atoms with Crippen molar-refractivity contribution < 1.29 is 14.3 Å². The largest absolute Gasteiger partial charge is 0.497 e. The summed E-state index contributed by atoms with van der Waals surface area (Å²) in [5, 5.41) is 3.15. The molecule has 1 aliphatic heterocycles. The van der Waals surface area contributed by atoms with Crippen LogP contribution in [0.25, 0.3) is 0 Å². The Bertz CT molecular complexity index is 817. The van der Waals surface area contributed by atoms with Crippen molar-refractivity contribution in [3.63, 3.8) is 0 Å². The number of aryl methyl sites for hydroxylation is 1. The minimum absolute atomic E-state index is 0.0138. The quantitative estimate of drug-likeness (QED) is 0.646. The minimum atomic E-state index is -0.0138. The van der Waals surface area contributed by atoms with Crippen LogP contribution in [0.3, 0.4) is 0 Å². The SMILES string of the molecule is COc1cccc(C(=O)N2CCN(C(=O)CCSCc3csc(C)n3)CC2)c1. The second-order valence-electron chi connectivity index (χ2n) is 6.57. The van der Waals surface area contributed by atoms with Crippen molar-refractivity contribution in [3.8, 4) is 5.75 Å². The van der Waals surface area contributed by atoms with Gasteiger partial charge in [0.1, 0.15) is 5.75 Å². The van der Waals surface area contributed by atoms with Crippen LogP contribution in [0.2, 0.25) is 0 Å². The first-order valence-electron chi connectivity index (χ1n) is 9.26. The fourth-order valence-corrected chi connectivity index (χ4v) is 4.60. The Morgan fingerprint density at radius 1 is 1.21 bits per heavy atom. The number of amides is 2. The molecule has 0 saturated carbocycles. The number of ether oxygens (including phenoxy) is 1. The van der Waals surface area contributed by atoms with Crippen LogP contribution < -0.4 is 4.74 Å². The standard InChI is InChI=1S/C20H25N3O3S2/c1-15-21-17(14-28-15)13-27-11-6-19(24)22-7-9-23(10-8-22)20(25)16-4-3-5-18(12-16)26-2/h3-5,12,14H,6-11,13H2,1-2H3. The lowest BCUT2D eigenvalue weighted by Crippen LogP contribution is -2.50. The van der Waals surface area contributed by atoms with Crippen LogP contribution in [-0.4, -0.2) is 65.6 Å². The van der Waals surface area contributed by atoms with E-state index in [-0.39, 0.29) is 11.8 Å². The Morgan fingerprint density at radius 3 is 2.64 bits per heavy atom. The molecule has 1 fully saturated rings. The summed E-state index contributed by atoms with van der Waals surface area (Å²) in [6, 6.07) is 7.18. The van der Waals surface area contributed by atoms with Crippen LogP contribution >= 0.6 is 23.1 Å². The summed E-state index contributed by atoms with van der Waals surface area (Å²) < 4.78 is 5.19. The van der Waals surface area contributed by atoms with Gasteiger partial charge in [-0.15, -0.1) is 11.3 Å². The van der Waals surface area contributed by atoms with Crippen molar-refractivity contribution in [2.75, 3.05) is 39.0 Å². The summed E-state index contributed by atoms with van der Waals surface area (Å²) in [6.07, 6.45) is 0.525. The molecule has 28 heavy (non-hydrogen) atoms. The number of piperazine rings is 1. The Hall–Kier alpha value is -2.06. The van der Waals surface area contributed by atoms with E-state index in [2.05, 4.69) is 10.4 Å². The molecule has 0 unspecified atom stereocenters. The fourth-order valence-electron chi connectivity index (χ4n) is 3.07. The summed E-state index contributed by atoms with van der Waals surface area (Å²) in [5.74, 6) is 2.46. The lowest BCUT2D eigenvalue weighted by Gasteiger charge is -2.35.